The summed E-state index contributed by atoms with van der Waals surface area (Å²) < 4.78 is 5.19. The maximum atomic E-state index is 12.0. The number of carbonyl (C=O) groups excluding carboxylic acids is 1. The van der Waals surface area contributed by atoms with Gasteiger partial charge >= 0.3 is 12.1 Å². The van der Waals surface area contributed by atoms with Gasteiger partial charge in [-0.2, -0.15) is 0 Å². The third-order valence-corrected chi connectivity index (χ3v) is 5.72. The summed E-state index contributed by atoms with van der Waals surface area (Å²) in [4.78, 5) is 23.7. The molecule has 0 saturated heterocycles. The maximum Gasteiger partial charge on any atom is 0.408 e. The molecular weight excluding hydrogens is 326 g/mol. The molecule has 0 bridgehead atoms. The van der Waals surface area contributed by atoms with Crippen LogP contribution in [0.1, 0.15) is 20.8 Å². The van der Waals surface area contributed by atoms with Crippen LogP contribution in [-0.2, 0) is 9.53 Å². The standard InChI is InChI=1S/C16H31NO4Si2/c1-16(2,3)21-15(20)17-13(14(18)19)12(23(7,8)9)10-11-22(4,5)6/h11,13H,1-9H3,(H,17,20)(H,18,19)/t10?,13-/m0/s1. The SMILES string of the molecule is CC(C)(C)OC(=O)N[C@H](C(=O)O)C(=C=C[Si](C)(C)C)[Si](C)(C)C. The van der Waals surface area contributed by atoms with Crippen molar-refractivity contribution < 1.29 is 19.4 Å². The summed E-state index contributed by atoms with van der Waals surface area (Å²) in [5.41, 5.74) is 4.53. The van der Waals surface area contributed by atoms with Gasteiger partial charge < -0.3 is 15.2 Å². The lowest BCUT2D eigenvalue weighted by atomic mass is 10.2. The van der Waals surface area contributed by atoms with E-state index in [2.05, 4.69) is 30.7 Å². The second-order valence-electron chi connectivity index (χ2n) is 8.74. The van der Waals surface area contributed by atoms with Gasteiger partial charge in [0.1, 0.15) is 5.60 Å². The van der Waals surface area contributed by atoms with Crippen LogP contribution in [0.5, 0.6) is 0 Å². The molecule has 2 N–H and O–H groups in total. The Morgan fingerprint density at radius 3 is 1.91 bits per heavy atom. The van der Waals surface area contributed by atoms with Gasteiger partial charge in [-0.15, -0.1) is 5.73 Å². The summed E-state index contributed by atoms with van der Waals surface area (Å²) >= 11 is 0. The molecule has 5 nitrogen and oxygen atoms in total. The van der Waals surface area contributed by atoms with Gasteiger partial charge in [0.15, 0.2) is 6.04 Å². The van der Waals surface area contributed by atoms with E-state index in [1.165, 1.54) is 0 Å². The highest BCUT2D eigenvalue weighted by Gasteiger charge is 2.34. The van der Waals surface area contributed by atoms with Crippen LogP contribution in [0.2, 0.25) is 39.3 Å². The number of hydrogen-bond acceptors (Lipinski definition) is 3. The zero-order valence-corrected chi connectivity index (χ0v) is 17.8. The van der Waals surface area contributed by atoms with Gasteiger partial charge in [0.2, 0.25) is 0 Å². The van der Waals surface area contributed by atoms with Crippen LogP contribution in [0, 0.1) is 0 Å². The quantitative estimate of drug-likeness (QED) is 0.579. The number of carboxylic acid groups (broad SMARTS) is 1. The first-order valence-corrected chi connectivity index (χ1v) is 14.8. The molecule has 0 aliphatic heterocycles. The van der Waals surface area contributed by atoms with E-state index >= 15 is 0 Å². The number of aliphatic carboxylic acids is 1. The largest absolute Gasteiger partial charge is 0.479 e. The summed E-state index contributed by atoms with van der Waals surface area (Å²) in [6, 6.07) is -1.11. The minimum absolute atomic E-state index is 0.665. The molecule has 132 valence electrons. The molecule has 23 heavy (non-hydrogen) atoms. The first-order chi connectivity index (χ1) is 10.0. The molecule has 0 aromatic carbocycles. The molecule has 1 amide bonds. The van der Waals surface area contributed by atoms with Crippen molar-refractivity contribution in [2.45, 2.75) is 71.7 Å². The van der Waals surface area contributed by atoms with E-state index in [0.29, 0.717) is 5.20 Å². The van der Waals surface area contributed by atoms with Crippen molar-refractivity contribution in [3.05, 3.63) is 16.6 Å². The number of nitrogens with one attached hydrogen (secondary N) is 1. The Morgan fingerprint density at radius 1 is 1.13 bits per heavy atom. The second-order valence-corrected chi connectivity index (χ2v) is 18.8. The third kappa shape index (κ3) is 9.43. The number of carboxylic acids is 1. The predicted octanol–water partition coefficient (Wildman–Crippen LogP) is 3.80. The van der Waals surface area contributed by atoms with Gasteiger partial charge in [0, 0.05) is 0 Å². The van der Waals surface area contributed by atoms with Crippen LogP contribution in [0.3, 0.4) is 0 Å². The second kappa shape index (κ2) is 7.51. The van der Waals surface area contributed by atoms with Crippen LogP contribution in [0.4, 0.5) is 4.79 Å². The molecule has 0 radical (unpaired) electrons. The van der Waals surface area contributed by atoms with Crippen molar-refractivity contribution >= 4 is 28.2 Å². The summed E-state index contributed by atoms with van der Waals surface area (Å²) in [6.07, 6.45) is -0.726. The van der Waals surface area contributed by atoms with Gasteiger partial charge in [-0.05, 0) is 26.0 Å². The van der Waals surface area contributed by atoms with Crippen molar-refractivity contribution in [2.75, 3.05) is 0 Å². The number of carbonyl (C=O) groups is 2. The number of hydrogen-bond donors (Lipinski definition) is 2. The molecule has 7 heteroatoms. The molecule has 0 fully saturated rings. The van der Waals surface area contributed by atoms with E-state index in [0.717, 1.165) is 0 Å². The molecule has 0 saturated carbocycles. The molecule has 0 unspecified atom stereocenters. The Kier molecular flexibility index (Phi) is 7.08. The highest BCUT2D eigenvalue weighted by molar-refractivity contribution is 6.84. The average molecular weight is 358 g/mol. The van der Waals surface area contributed by atoms with Crippen molar-refractivity contribution in [3.8, 4) is 0 Å². The Morgan fingerprint density at radius 2 is 1.61 bits per heavy atom. The summed E-state index contributed by atoms with van der Waals surface area (Å²) in [7, 11) is -3.52. The molecule has 0 heterocycles. The lowest BCUT2D eigenvalue weighted by Gasteiger charge is -2.27. The van der Waals surface area contributed by atoms with Crippen LogP contribution in [-0.4, -0.2) is 45.0 Å². The zero-order chi connectivity index (χ0) is 18.6. The summed E-state index contributed by atoms with van der Waals surface area (Å²) in [6.45, 7) is 17.8. The Labute approximate surface area is 141 Å². The van der Waals surface area contributed by atoms with E-state index in [4.69, 9.17) is 4.74 Å². The minimum Gasteiger partial charge on any atom is -0.479 e. The molecule has 0 spiro atoms. The van der Waals surface area contributed by atoms with Gasteiger partial charge in [-0.3, -0.25) is 0 Å². The van der Waals surface area contributed by atoms with Gasteiger partial charge in [-0.1, -0.05) is 45.0 Å². The van der Waals surface area contributed by atoms with Crippen LogP contribution in [0.25, 0.3) is 0 Å². The van der Waals surface area contributed by atoms with E-state index in [-0.39, 0.29) is 0 Å². The summed E-state index contributed by atoms with van der Waals surface area (Å²) in [5, 5.41) is 12.7. The van der Waals surface area contributed by atoms with Gasteiger partial charge in [0.05, 0.1) is 16.1 Å². The fourth-order valence-electron chi connectivity index (χ4n) is 1.71. The molecule has 0 rings (SSSR count). The molecule has 0 aliphatic carbocycles. The average Bonchev–Trinajstić information content (AvgIpc) is 2.21. The minimum atomic E-state index is -1.99. The lowest BCUT2D eigenvalue weighted by Crippen LogP contribution is -2.49. The number of alkyl carbamates (subject to hydrolysis) is 1. The first kappa shape index (κ1) is 21.7. The van der Waals surface area contributed by atoms with Gasteiger partial charge in [0.25, 0.3) is 0 Å². The fraction of sp³-hybridized carbons (Fsp3) is 0.688. The van der Waals surface area contributed by atoms with Gasteiger partial charge in [-0.25, -0.2) is 9.59 Å². The Hall–Kier alpha value is -1.31. The third-order valence-electron chi connectivity index (χ3n) is 2.67. The monoisotopic (exact) mass is 357 g/mol. The predicted molar refractivity (Wildman–Crippen MR) is 99.1 cm³/mol. The Bertz CT molecular complexity index is 516. The summed E-state index contributed by atoms with van der Waals surface area (Å²) in [5.74, 6) is -1.09. The highest BCUT2D eigenvalue weighted by Crippen LogP contribution is 2.19. The normalized spacial score (nSPS) is 13.6. The molecule has 0 aromatic heterocycles. The topological polar surface area (TPSA) is 75.6 Å². The molecule has 0 aliphatic rings. The Balaban J connectivity index is 5.73. The number of ether oxygens (including phenoxy) is 1. The van der Waals surface area contributed by atoms with E-state index in [9.17, 15) is 14.7 Å². The van der Waals surface area contributed by atoms with E-state index in [1.807, 2.05) is 25.3 Å². The number of amides is 1. The molecular formula is C16H31NO4Si2. The zero-order valence-electron chi connectivity index (χ0n) is 15.8. The van der Waals surface area contributed by atoms with Crippen molar-refractivity contribution in [3.63, 3.8) is 0 Å². The fourth-order valence-corrected chi connectivity index (χ4v) is 4.01. The maximum absolute atomic E-state index is 12.0. The number of rotatable bonds is 5. The first-order valence-electron chi connectivity index (χ1n) is 7.73. The molecule has 0 aromatic rings. The van der Waals surface area contributed by atoms with Crippen LogP contribution in [0.15, 0.2) is 16.6 Å². The highest BCUT2D eigenvalue weighted by atomic mass is 28.3. The van der Waals surface area contributed by atoms with Crippen molar-refractivity contribution in [1.29, 1.82) is 0 Å². The van der Waals surface area contributed by atoms with E-state index in [1.54, 1.807) is 20.8 Å². The van der Waals surface area contributed by atoms with E-state index < -0.39 is 39.9 Å². The van der Waals surface area contributed by atoms with Crippen molar-refractivity contribution in [1.82, 2.24) is 5.32 Å². The van der Waals surface area contributed by atoms with Crippen LogP contribution < -0.4 is 5.32 Å². The van der Waals surface area contributed by atoms with Crippen molar-refractivity contribution in [2.24, 2.45) is 0 Å². The lowest BCUT2D eigenvalue weighted by molar-refractivity contribution is -0.138. The smallest absolute Gasteiger partial charge is 0.408 e. The molecule has 1 atom stereocenters. The van der Waals surface area contributed by atoms with Crippen LogP contribution >= 0.6 is 0 Å².